The van der Waals surface area contributed by atoms with Crippen molar-refractivity contribution in [2.24, 2.45) is 5.92 Å². The fraction of sp³-hybridized carbons (Fsp3) is 0.154. The Kier molecular flexibility index (Phi) is 5.03. The van der Waals surface area contributed by atoms with Gasteiger partial charge in [-0.25, -0.2) is 9.97 Å². The maximum atomic E-state index is 13.7. The maximum absolute atomic E-state index is 13.7. The first-order valence-corrected chi connectivity index (χ1v) is 12.7. The Morgan fingerprint density at radius 3 is 2.76 bits per heavy atom. The number of anilines is 1. The van der Waals surface area contributed by atoms with E-state index in [0.29, 0.717) is 38.9 Å². The van der Waals surface area contributed by atoms with Gasteiger partial charge in [-0.1, -0.05) is 6.42 Å². The van der Waals surface area contributed by atoms with Gasteiger partial charge in [0.05, 0.1) is 27.7 Å². The van der Waals surface area contributed by atoms with Gasteiger partial charge in [-0.05, 0) is 43.2 Å². The van der Waals surface area contributed by atoms with Crippen molar-refractivity contribution >= 4 is 45.0 Å². The number of carbonyl (C=O) groups is 1. The molecule has 7 rings (SSSR count). The SMILES string of the molecule is O=C(Nc1cncc(-c2cnc3[nH]nc(-c4nc5c(-c6ccc(F)s6)nccc5[nH]4)c3c2)c1)C1CCC1. The van der Waals surface area contributed by atoms with Crippen LogP contribution < -0.4 is 5.32 Å². The predicted octanol–water partition coefficient (Wildman–Crippen LogP) is 5.56. The summed E-state index contributed by atoms with van der Waals surface area (Å²) in [5.74, 6) is 0.680. The zero-order valence-electron chi connectivity index (χ0n) is 19.3. The van der Waals surface area contributed by atoms with Gasteiger partial charge >= 0.3 is 0 Å². The molecule has 1 amide bonds. The summed E-state index contributed by atoms with van der Waals surface area (Å²) in [5, 5.41) is 10.9. The largest absolute Gasteiger partial charge is 0.336 e. The third-order valence-corrected chi connectivity index (χ3v) is 7.54. The molecule has 1 saturated carbocycles. The van der Waals surface area contributed by atoms with Crippen molar-refractivity contribution in [3.05, 3.63) is 60.3 Å². The minimum Gasteiger partial charge on any atom is -0.336 e. The Balaban J connectivity index is 1.26. The van der Waals surface area contributed by atoms with Crippen LogP contribution in [0, 0.1) is 11.0 Å². The number of hydrogen-bond acceptors (Lipinski definition) is 7. The van der Waals surface area contributed by atoms with Crippen LogP contribution in [0.1, 0.15) is 19.3 Å². The average molecular weight is 511 g/mol. The summed E-state index contributed by atoms with van der Waals surface area (Å²) in [6, 6.07) is 8.81. The molecule has 6 aromatic rings. The number of thiophene rings is 1. The van der Waals surface area contributed by atoms with Crippen LogP contribution in [0.15, 0.2) is 55.1 Å². The van der Waals surface area contributed by atoms with Gasteiger partial charge in [0.15, 0.2) is 16.6 Å². The van der Waals surface area contributed by atoms with Gasteiger partial charge < -0.3 is 10.3 Å². The molecule has 1 aliphatic carbocycles. The van der Waals surface area contributed by atoms with Gasteiger partial charge in [0.1, 0.15) is 16.9 Å². The van der Waals surface area contributed by atoms with E-state index in [-0.39, 0.29) is 17.0 Å². The molecule has 0 spiro atoms. The molecule has 1 aliphatic rings. The van der Waals surface area contributed by atoms with E-state index in [2.05, 4.69) is 35.5 Å². The van der Waals surface area contributed by atoms with Crippen LogP contribution in [0.25, 0.3) is 55.3 Å². The Morgan fingerprint density at radius 1 is 1.05 bits per heavy atom. The van der Waals surface area contributed by atoms with Gasteiger partial charge in [-0.15, -0.1) is 11.3 Å². The smallest absolute Gasteiger partial charge is 0.227 e. The predicted molar refractivity (Wildman–Crippen MR) is 139 cm³/mol. The van der Waals surface area contributed by atoms with Crippen LogP contribution in [-0.4, -0.2) is 41.0 Å². The van der Waals surface area contributed by atoms with Crippen molar-refractivity contribution in [1.82, 2.24) is 35.1 Å². The molecule has 0 unspecified atom stereocenters. The molecule has 3 N–H and O–H groups in total. The van der Waals surface area contributed by atoms with E-state index in [9.17, 15) is 9.18 Å². The highest BCUT2D eigenvalue weighted by atomic mass is 32.1. The van der Waals surface area contributed by atoms with Crippen molar-refractivity contribution in [3.63, 3.8) is 0 Å². The minimum atomic E-state index is -0.275. The lowest BCUT2D eigenvalue weighted by Gasteiger charge is -2.24. The third-order valence-electron chi connectivity index (χ3n) is 6.66. The number of pyridine rings is 3. The highest BCUT2D eigenvalue weighted by molar-refractivity contribution is 7.13. The second kappa shape index (κ2) is 8.56. The number of H-pyrrole nitrogens is 2. The Bertz CT molecular complexity index is 1800. The normalized spacial score (nSPS) is 13.8. The summed E-state index contributed by atoms with van der Waals surface area (Å²) < 4.78 is 13.7. The fourth-order valence-corrected chi connectivity index (χ4v) is 5.22. The number of halogens is 1. The minimum absolute atomic E-state index is 0.0416. The molecule has 182 valence electrons. The monoisotopic (exact) mass is 510 g/mol. The van der Waals surface area contributed by atoms with Crippen LogP contribution >= 0.6 is 11.3 Å². The number of rotatable bonds is 5. The second-order valence-corrected chi connectivity index (χ2v) is 10.1. The summed E-state index contributed by atoms with van der Waals surface area (Å²) in [6.45, 7) is 0. The third kappa shape index (κ3) is 3.84. The molecule has 6 heterocycles. The highest BCUT2D eigenvalue weighted by Gasteiger charge is 2.25. The summed E-state index contributed by atoms with van der Waals surface area (Å²) >= 11 is 1.03. The van der Waals surface area contributed by atoms with Crippen molar-refractivity contribution in [2.45, 2.75) is 19.3 Å². The Labute approximate surface area is 213 Å². The molecule has 1 fully saturated rings. The van der Waals surface area contributed by atoms with E-state index in [4.69, 9.17) is 4.98 Å². The number of aromatic amines is 2. The van der Waals surface area contributed by atoms with E-state index >= 15 is 0 Å². The molecule has 0 bridgehead atoms. The van der Waals surface area contributed by atoms with Crippen molar-refractivity contribution in [2.75, 3.05) is 5.32 Å². The molecule has 6 aromatic heterocycles. The highest BCUT2D eigenvalue weighted by Crippen LogP contribution is 2.34. The van der Waals surface area contributed by atoms with Crippen molar-refractivity contribution in [3.8, 4) is 33.2 Å². The number of amides is 1. The Hall–Kier alpha value is -4.51. The lowest BCUT2D eigenvalue weighted by Crippen LogP contribution is -2.28. The topological polar surface area (TPSA) is 125 Å². The zero-order chi connectivity index (χ0) is 24.9. The number of nitrogens with zero attached hydrogens (tertiary/aromatic N) is 5. The average Bonchev–Trinajstić information content (AvgIpc) is 3.60. The van der Waals surface area contributed by atoms with E-state index in [1.54, 1.807) is 30.9 Å². The molecule has 0 saturated heterocycles. The standard InChI is InChI=1S/C26H19FN8OS/c27-20-5-4-19(37-20)23-22-18(6-7-29-23)32-25(33-22)21-17-9-15(11-30-24(17)35-34-21)14-8-16(12-28-10-14)31-26(36)13-2-1-3-13/h4-13H,1-3H2,(H,31,36)(H,32,33)(H,30,34,35). The maximum Gasteiger partial charge on any atom is 0.227 e. The summed E-state index contributed by atoms with van der Waals surface area (Å²) in [5.41, 5.74) is 5.54. The lowest BCUT2D eigenvalue weighted by molar-refractivity contribution is -0.122. The van der Waals surface area contributed by atoms with E-state index in [1.807, 2.05) is 18.2 Å². The number of aromatic nitrogens is 7. The first-order valence-electron chi connectivity index (χ1n) is 11.8. The van der Waals surface area contributed by atoms with Crippen LogP contribution in [0.3, 0.4) is 0 Å². The summed E-state index contributed by atoms with van der Waals surface area (Å²) in [4.78, 5) is 34.4. The number of fused-ring (bicyclic) bond motifs is 2. The van der Waals surface area contributed by atoms with Gasteiger partial charge in [0.2, 0.25) is 5.91 Å². The van der Waals surface area contributed by atoms with Crippen LogP contribution in [0.4, 0.5) is 10.1 Å². The Morgan fingerprint density at radius 2 is 1.95 bits per heavy atom. The molecular weight excluding hydrogens is 491 g/mol. The van der Waals surface area contributed by atoms with Gasteiger partial charge in [0.25, 0.3) is 0 Å². The summed E-state index contributed by atoms with van der Waals surface area (Å²) in [6.07, 6.45) is 9.77. The zero-order valence-corrected chi connectivity index (χ0v) is 20.1. The van der Waals surface area contributed by atoms with Gasteiger partial charge in [-0.3, -0.25) is 19.9 Å². The van der Waals surface area contributed by atoms with Crippen LogP contribution in [0.5, 0.6) is 0 Å². The number of carbonyl (C=O) groups excluding carboxylic acids is 1. The molecule has 0 aliphatic heterocycles. The summed E-state index contributed by atoms with van der Waals surface area (Å²) in [7, 11) is 0. The first-order chi connectivity index (χ1) is 18.1. The number of hydrogen-bond donors (Lipinski definition) is 3. The van der Waals surface area contributed by atoms with Gasteiger partial charge in [0, 0.05) is 35.6 Å². The molecule has 9 nitrogen and oxygen atoms in total. The molecular formula is C26H19FN8OS. The number of imidazole rings is 1. The number of nitrogens with one attached hydrogen (secondary N) is 3. The first kappa shape index (κ1) is 21.7. The van der Waals surface area contributed by atoms with E-state index < -0.39 is 0 Å². The van der Waals surface area contributed by atoms with Gasteiger partial charge in [-0.2, -0.15) is 9.49 Å². The molecule has 37 heavy (non-hydrogen) atoms. The van der Waals surface area contributed by atoms with Crippen LogP contribution in [-0.2, 0) is 4.79 Å². The molecule has 0 radical (unpaired) electrons. The molecule has 11 heteroatoms. The van der Waals surface area contributed by atoms with Crippen LogP contribution in [0.2, 0.25) is 0 Å². The van der Waals surface area contributed by atoms with E-state index in [0.717, 1.165) is 52.6 Å². The van der Waals surface area contributed by atoms with E-state index in [1.165, 1.54) is 6.07 Å². The fourth-order valence-electron chi connectivity index (χ4n) is 4.49. The van der Waals surface area contributed by atoms with Crippen molar-refractivity contribution in [1.29, 1.82) is 0 Å². The van der Waals surface area contributed by atoms with Crippen molar-refractivity contribution < 1.29 is 9.18 Å². The second-order valence-electron chi connectivity index (χ2n) is 9.02. The molecule has 0 atom stereocenters. The quantitative estimate of drug-likeness (QED) is 0.279. The molecule has 0 aromatic carbocycles. The lowest BCUT2D eigenvalue weighted by atomic mass is 9.85.